The van der Waals surface area contributed by atoms with E-state index in [2.05, 4.69) is 17.6 Å². The Morgan fingerprint density at radius 3 is 2.65 bits per heavy atom. The van der Waals surface area contributed by atoms with Gasteiger partial charge in [0.2, 0.25) is 5.91 Å². The molecule has 1 aromatic rings. The molecule has 0 saturated heterocycles. The third-order valence-corrected chi connectivity index (χ3v) is 4.68. The topological polar surface area (TPSA) is 41.1 Å². The van der Waals surface area contributed by atoms with Gasteiger partial charge in [-0.3, -0.25) is 4.79 Å². The van der Waals surface area contributed by atoms with E-state index in [9.17, 15) is 13.6 Å². The zero-order valence-corrected chi connectivity index (χ0v) is 11.4. The molecule has 0 unspecified atom stereocenters. The van der Waals surface area contributed by atoms with Crippen LogP contribution in [-0.2, 0) is 4.79 Å². The molecule has 0 bridgehead atoms. The summed E-state index contributed by atoms with van der Waals surface area (Å²) < 4.78 is 27.3. The highest BCUT2D eigenvalue weighted by Crippen LogP contribution is 2.42. The fourth-order valence-electron chi connectivity index (χ4n) is 3.25. The van der Waals surface area contributed by atoms with Gasteiger partial charge in [-0.25, -0.2) is 8.78 Å². The van der Waals surface area contributed by atoms with Gasteiger partial charge in [0.05, 0.1) is 11.4 Å². The van der Waals surface area contributed by atoms with E-state index >= 15 is 0 Å². The Morgan fingerprint density at radius 1 is 1.30 bits per heavy atom. The van der Waals surface area contributed by atoms with Crippen molar-refractivity contribution in [2.75, 3.05) is 10.6 Å². The monoisotopic (exact) mass is 280 g/mol. The lowest BCUT2D eigenvalue weighted by Crippen LogP contribution is -2.54. The second-order valence-electron chi connectivity index (χ2n) is 5.80. The summed E-state index contributed by atoms with van der Waals surface area (Å²) in [5.41, 5.74) is -0.385. The predicted octanol–water partition coefficient (Wildman–Crippen LogP) is 3.67. The average molecular weight is 280 g/mol. The number of rotatable bonds is 1. The van der Waals surface area contributed by atoms with Crippen LogP contribution in [0.3, 0.4) is 0 Å². The molecule has 5 heteroatoms. The molecule has 3 nitrogen and oxygen atoms in total. The molecular formula is C15H18F2N2O. The summed E-state index contributed by atoms with van der Waals surface area (Å²) in [6.07, 6.45) is 4.28. The molecule has 1 spiro atoms. The molecule has 1 saturated carbocycles. The van der Waals surface area contributed by atoms with Crippen LogP contribution in [0.2, 0.25) is 0 Å². The average Bonchev–Trinajstić information content (AvgIpc) is 2.46. The largest absolute Gasteiger partial charge is 0.367 e. The first-order valence-corrected chi connectivity index (χ1v) is 7.13. The van der Waals surface area contributed by atoms with Crippen molar-refractivity contribution in [1.82, 2.24) is 0 Å². The van der Waals surface area contributed by atoms with Crippen LogP contribution < -0.4 is 10.6 Å². The molecule has 0 atom stereocenters. The fraction of sp³-hybridized carbons (Fsp3) is 0.533. The number of anilines is 2. The van der Waals surface area contributed by atoms with E-state index in [0.29, 0.717) is 24.4 Å². The molecule has 0 radical (unpaired) electrons. The highest BCUT2D eigenvalue weighted by molar-refractivity contribution is 6.06. The summed E-state index contributed by atoms with van der Waals surface area (Å²) in [4.78, 5) is 12.3. The second-order valence-corrected chi connectivity index (χ2v) is 5.80. The zero-order valence-electron chi connectivity index (χ0n) is 11.4. The Bertz CT molecular complexity index is 551. The van der Waals surface area contributed by atoms with Crippen molar-refractivity contribution in [2.45, 2.75) is 44.6 Å². The summed E-state index contributed by atoms with van der Waals surface area (Å²) in [7, 11) is 0. The van der Waals surface area contributed by atoms with Crippen molar-refractivity contribution < 1.29 is 13.6 Å². The molecule has 2 aliphatic rings. The number of fused-ring (bicyclic) bond motifs is 1. The van der Waals surface area contributed by atoms with Gasteiger partial charge in [0.1, 0.15) is 5.54 Å². The second kappa shape index (κ2) is 4.72. The van der Waals surface area contributed by atoms with E-state index in [1.54, 1.807) is 0 Å². The quantitative estimate of drug-likeness (QED) is 0.824. The standard InChI is InChI=1S/C15H18F2N2O/c1-2-9-5-7-15(8-6-9)14(20)18-11-4-3-10(16)12(17)13(11)19-15/h3-4,9,19H,2,5-8H2,1H3,(H,18,20). The van der Waals surface area contributed by atoms with Gasteiger partial charge in [0, 0.05) is 0 Å². The Morgan fingerprint density at radius 2 is 2.00 bits per heavy atom. The molecule has 1 amide bonds. The highest BCUT2D eigenvalue weighted by Gasteiger charge is 2.45. The van der Waals surface area contributed by atoms with Crippen LogP contribution >= 0.6 is 0 Å². The van der Waals surface area contributed by atoms with Crippen molar-refractivity contribution in [1.29, 1.82) is 0 Å². The number of nitrogens with one attached hydrogen (secondary N) is 2. The van der Waals surface area contributed by atoms with Crippen LogP contribution in [0.4, 0.5) is 20.2 Å². The van der Waals surface area contributed by atoms with Gasteiger partial charge in [0.15, 0.2) is 11.6 Å². The Hall–Kier alpha value is -1.65. The van der Waals surface area contributed by atoms with Gasteiger partial charge in [0.25, 0.3) is 0 Å². The fourth-order valence-corrected chi connectivity index (χ4v) is 3.25. The molecule has 1 fully saturated rings. The number of benzene rings is 1. The van der Waals surface area contributed by atoms with E-state index in [0.717, 1.165) is 25.3 Å². The van der Waals surface area contributed by atoms with Crippen molar-refractivity contribution in [2.24, 2.45) is 5.92 Å². The van der Waals surface area contributed by atoms with E-state index in [-0.39, 0.29) is 11.6 Å². The minimum absolute atomic E-state index is 0.0829. The minimum atomic E-state index is -0.917. The number of carbonyl (C=O) groups excluding carboxylic acids is 1. The predicted molar refractivity (Wildman–Crippen MR) is 73.6 cm³/mol. The lowest BCUT2D eigenvalue weighted by atomic mass is 9.74. The molecule has 1 heterocycles. The van der Waals surface area contributed by atoms with Crippen LogP contribution in [0.25, 0.3) is 0 Å². The minimum Gasteiger partial charge on any atom is -0.367 e. The zero-order chi connectivity index (χ0) is 14.3. The molecule has 108 valence electrons. The molecule has 1 aliphatic carbocycles. The van der Waals surface area contributed by atoms with E-state index in [4.69, 9.17) is 0 Å². The van der Waals surface area contributed by atoms with Crippen LogP contribution in [0.1, 0.15) is 39.0 Å². The molecule has 1 aromatic carbocycles. The van der Waals surface area contributed by atoms with E-state index in [1.807, 2.05) is 0 Å². The first-order chi connectivity index (χ1) is 9.55. The van der Waals surface area contributed by atoms with Gasteiger partial charge in [-0.15, -0.1) is 0 Å². The first kappa shape index (κ1) is 13.3. The number of halogens is 2. The molecule has 20 heavy (non-hydrogen) atoms. The summed E-state index contributed by atoms with van der Waals surface area (Å²) in [6.45, 7) is 2.14. The smallest absolute Gasteiger partial charge is 0.250 e. The van der Waals surface area contributed by atoms with Crippen LogP contribution in [-0.4, -0.2) is 11.4 Å². The summed E-state index contributed by atoms with van der Waals surface area (Å²) in [6, 6.07) is 2.42. The van der Waals surface area contributed by atoms with Crippen molar-refractivity contribution in [3.05, 3.63) is 23.8 Å². The molecule has 0 aromatic heterocycles. The third-order valence-electron chi connectivity index (χ3n) is 4.68. The maximum Gasteiger partial charge on any atom is 0.250 e. The van der Waals surface area contributed by atoms with Gasteiger partial charge >= 0.3 is 0 Å². The lowest BCUT2D eigenvalue weighted by Gasteiger charge is -2.43. The summed E-state index contributed by atoms with van der Waals surface area (Å²) in [5.74, 6) is -1.33. The normalized spacial score (nSPS) is 28.8. The summed E-state index contributed by atoms with van der Waals surface area (Å²) in [5, 5.41) is 5.70. The van der Waals surface area contributed by atoms with Crippen LogP contribution in [0.5, 0.6) is 0 Å². The first-order valence-electron chi connectivity index (χ1n) is 7.13. The molecule has 3 rings (SSSR count). The van der Waals surface area contributed by atoms with Crippen LogP contribution in [0, 0.1) is 17.6 Å². The Balaban J connectivity index is 1.92. The van der Waals surface area contributed by atoms with E-state index < -0.39 is 17.2 Å². The van der Waals surface area contributed by atoms with Gasteiger partial charge < -0.3 is 10.6 Å². The Labute approximate surface area is 116 Å². The van der Waals surface area contributed by atoms with Crippen molar-refractivity contribution in [3.63, 3.8) is 0 Å². The summed E-state index contributed by atoms with van der Waals surface area (Å²) >= 11 is 0. The number of hydrogen-bond donors (Lipinski definition) is 2. The van der Waals surface area contributed by atoms with Gasteiger partial charge in [-0.1, -0.05) is 13.3 Å². The molecule has 2 N–H and O–H groups in total. The SMILES string of the molecule is CCC1CCC2(CC1)Nc1c(ccc(F)c1F)NC2=O. The highest BCUT2D eigenvalue weighted by atomic mass is 19.2. The number of carbonyl (C=O) groups is 1. The van der Waals surface area contributed by atoms with Crippen LogP contribution in [0.15, 0.2) is 12.1 Å². The van der Waals surface area contributed by atoms with Crippen molar-refractivity contribution in [3.8, 4) is 0 Å². The number of amides is 1. The number of hydrogen-bond acceptors (Lipinski definition) is 2. The third kappa shape index (κ3) is 1.96. The van der Waals surface area contributed by atoms with Gasteiger partial charge in [-0.2, -0.15) is 0 Å². The van der Waals surface area contributed by atoms with E-state index in [1.165, 1.54) is 6.07 Å². The van der Waals surface area contributed by atoms with Gasteiger partial charge in [-0.05, 0) is 43.7 Å². The van der Waals surface area contributed by atoms with Crippen molar-refractivity contribution >= 4 is 17.3 Å². The lowest BCUT2D eigenvalue weighted by molar-refractivity contribution is -0.121. The maximum atomic E-state index is 13.9. The maximum absolute atomic E-state index is 13.9. The Kier molecular flexibility index (Phi) is 3.15. The molecule has 1 aliphatic heterocycles. The molecular weight excluding hydrogens is 262 g/mol.